The van der Waals surface area contributed by atoms with Crippen molar-refractivity contribution in [2.24, 2.45) is 0 Å². The molecule has 0 aliphatic heterocycles. The third kappa shape index (κ3) is 2.90. The predicted molar refractivity (Wildman–Crippen MR) is 77.0 cm³/mol. The zero-order valence-electron chi connectivity index (χ0n) is 10.7. The molecule has 0 radical (unpaired) electrons. The first-order valence-corrected chi connectivity index (χ1v) is 7.20. The number of benzene rings is 1. The molecule has 1 heterocycles. The second-order valence-electron chi connectivity index (χ2n) is 4.84. The molecule has 1 aromatic carbocycles. The van der Waals surface area contributed by atoms with E-state index in [-0.39, 0.29) is 0 Å². The minimum atomic E-state index is 0.404. The average molecular weight is 274 g/mol. The van der Waals surface area contributed by atoms with Crippen molar-refractivity contribution in [3.05, 3.63) is 53.2 Å². The van der Waals surface area contributed by atoms with Crippen molar-refractivity contribution in [2.75, 3.05) is 0 Å². The van der Waals surface area contributed by atoms with E-state index in [9.17, 15) is 0 Å². The number of nitrogens with zero attached hydrogens (tertiary/aromatic N) is 1. The molecule has 0 unspecified atom stereocenters. The highest BCUT2D eigenvalue weighted by Gasteiger charge is 2.10. The van der Waals surface area contributed by atoms with Gasteiger partial charge in [-0.05, 0) is 55.0 Å². The summed E-state index contributed by atoms with van der Waals surface area (Å²) in [5.41, 5.74) is 3.70. The quantitative estimate of drug-likeness (QED) is 0.769. The molecule has 2 nitrogen and oxygen atoms in total. The van der Waals surface area contributed by atoms with Gasteiger partial charge in [-0.3, -0.25) is 0 Å². The third-order valence-electron chi connectivity index (χ3n) is 3.46. The fourth-order valence-corrected chi connectivity index (χ4v) is 2.63. The predicted octanol–water partition coefficient (Wildman–Crippen LogP) is 4.49. The fourth-order valence-electron chi connectivity index (χ4n) is 2.48. The molecule has 3 rings (SSSR count). The highest BCUT2D eigenvalue weighted by Crippen LogP contribution is 2.27. The fraction of sp³-hybridized carbons (Fsp3) is 0.312. The second-order valence-corrected chi connectivity index (χ2v) is 5.11. The highest BCUT2D eigenvalue weighted by molar-refractivity contribution is 6.16. The van der Waals surface area contributed by atoms with Crippen LogP contribution in [-0.4, -0.2) is 4.98 Å². The van der Waals surface area contributed by atoms with Gasteiger partial charge in [-0.2, -0.15) is 0 Å². The lowest BCUT2D eigenvalue weighted by Crippen LogP contribution is -2.02. The van der Waals surface area contributed by atoms with Crippen LogP contribution in [0.2, 0.25) is 0 Å². The van der Waals surface area contributed by atoms with Crippen LogP contribution in [0.1, 0.15) is 29.7 Å². The molecule has 0 N–H and O–H groups in total. The van der Waals surface area contributed by atoms with Crippen LogP contribution in [0.15, 0.2) is 36.4 Å². The van der Waals surface area contributed by atoms with Gasteiger partial charge in [0.25, 0.3) is 0 Å². The molecule has 3 heteroatoms. The van der Waals surface area contributed by atoms with E-state index in [0.29, 0.717) is 11.8 Å². The van der Waals surface area contributed by atoms with Crippen molar-refractivity contribution in [2.45, 2.75) is 31.6 Å². The summed E-state index contributed by atoms with van der Waals surface area (Å²) in [7, 11) is 0. The van der Waals surface area contributed by atoms with E-state index in [0.717, 1.165) is 17.9 Å². The maximum Gasteiger partial charge on any atom is 0.219 e. The number of pyridine rings is 1. The summed E-state index contributed by atoms with van der Waals surface area (Å²) in [5.74, 6) is 1.87. The number of rotatable bonds is 3. The van der Waals surface area contributed by atoms with Crippen molar-refractivity contribution in [1.82, 2.24) is 4.98 Å². The average Bonchev–Trinajstić information content (AvgIpc) is 2.47. The number of hydrogen-bond acceptors (Lipinski definition) is 2. The Balaban J connectivity index is 1.82. The van der Waals surface area contributed by atoms with Crippen LogP contribution in [-0.2, 0) is 18.7 Å². The molecule has 0 saturated heterocycles. The van der Waals surface area contributed by atoms with Gasteiger partial charge in [-0.25, -0.2) is 4.98 Å². The Bertz CT molecular complexity index is 583. The highest BCUT2D eigenvalue weighted by atomic mass is 35.5. The molecule has 0 amide bonds. The molecule has 1 aliphatic rings. The number of alkyl halides is 1. The van der Waals surface area contributed by atoms with Crippen LogP contribution in [0.4, 0.5) is 0 Å². The van der Waals surface area contributed by atoms with Gasteiger partial charge >= 0.3 is 0 Å². The Morgan fingerprint density at radius 3 is 2.74 bits per heavy atom. The van der Waals surface area contributed by atoms with Gasteiger partial charge in [0.2, 0.25) is 5.88 Å². The number of hydrogen-bond donors (Lipinski definition) is 0. The Hall–Kier alpha value is -1.54. The molecule has 0 fully saturated rings. The lowest BCUT2D eigenvalue weighted by atomic mass is 9.92. The largest absolute Gasteiger partial charge is 0.439 e. The van der Waals surface area contributed by atoms with Crippen molar-refractivity contribution in [3.63, 3.8) is 0 Å². The number of ether oxygens (including phenoxy) is 1. The standard InChI is InChI=1S/C16H16ClNO/c17-11-14-6-3-7-16(18-14)19-15-9-8-12-4-1-2-5-13(12)10-15/h3,6-10H,1-2,4-5,11H2. The van der Waals surface area contributed by atoms with Gasteiger partial charge in [0.05, 0.1) is 11.6 Å². The topological polar surface area (TPSA) is 22.1 Å². The van der Waals surface area contributed by atoms with Crippen molar-refractivity contribution >= 4 is 11.6 Å². The summed E-state index contributed by atoms with van der Waals surface area (Å²) >= 11 is 5.78. The zero-order valence-corrected chi connectivity index (χ0v) is 11.5. The Kier molecular flexibility index (Phi) is 3.69. The summed E-state index contributed by atoms with van der Waals surface area (Å²) in [6, 6.07) is 12.0. The minimum Gasteiger partial charge on any atom is -0.439 e. The summed E-state index contributed by atoms with van der Waals surface area (Å²) in [6.07, 6.45) is 4.92. The third-order valence-corrected chi connectivity index (χ3v) is 3.73. The lowest BCUT2D eigenvalue weighted by Gasteiger charge is -2.16. The molecule has 0 bridgehead atoms. The molecule has 98 valence electrons. The van der Waals surface area contributed by atoms with Crippen molar-refractivity contribution in [1.29, 1.82) is 0 Å². The number of halogens is 1. The SMILES string of the molecule is ClCc1cccc(Oc2ccc3c(c2)CCCC3)n1. The summed E-state index contributed by atoms with van der Waals surface area (Å²) in [6.45, 7) is 0. The first-order chi connectivity index (χ1) is 9.35. The van der Waals surface area contributed by atoms with Gasteiger partial charge in [0, 0.05) is 6.07 Å². The van der Waals surface area contributed by atoms with Crippen LogP contribution in [0, 0.1) is 0 Å². The molecule has 1 aromatic heterocycles. The van der Waals surface area contributed by atoms with Gasteiger partial charge in [-0.1, -0.05) is 12.1 Å². The Labute approximate surface area is 118 Å². The van der Waals surface area contributed by atoms with Gasteiger partial charge < -0.3 is 4.74 Å². The van der Waals surface area contributed by atoms with Crippen molar-refractivity contribution in [3.8, 4) is 11.6 Å². The van der Waals surface area contributed by atoms with Gasteiger partial charge in [-0.15, -0.1) is 11.6 Å². The Morgan fingerprint density at radius 1 is 1.05 bits per heavy atom. The van der Waals surface area contributed by atoms with Crippen LogP contribution in [0.25, 0.3) is 0 Å². The number of aromatic nitrogens is 1. The molecule has 0 saturated carbocycles. The molecule has 0 spiro atoms. The minimum absolute atomic E-state index is 0.404. The molecule has 1 aliphatic carbocycles. The maximum atomic E-state index is 5.82. The van der Waals surface area contributed by atoms with Crippen LogP contribution < -0.4 is 4.74 Å². The first kappa shape index (κ1) is 12.5. The van der Waals surface area contributed by atoms with E-state index in [1.165, 1.54) is 30.4 Å². The summed E-state index contributed by atoms with van der Waals surface area (Å²) in [5, 5.41) is 0. The van der Waals surface area contributed by atoms with E-state index in [1.807, 2.05) is 24.3 Å². The van der Waals surface area contributed by atoms with Crippen molar-refractivity contribution < 1.29 is 4.74 Å². The maximum absolute atomic E-state index is 5.82. The van der Waals surface area contributed by atoms with E-state index in [2.05, 4.69) is 17.1 Å². The van der Waals surface area contributed by atoms with E-state index in [4.69, 9.17) is 16.3 Å². The van der Waals surface area contributed by atoms with Crippen LogP contribution in [0.5, 0.6) is 11.6 Å². The second kappa shape index (κ2) is 5.62. The van der Waals surface area contributed by atoms with E-state index >= 15 is 0 Å². The molecular formula is C16H16ClNO. The van der Waals surface area contributed by atoms with Crippen LogP contribution in [0.3, 0.4) is 0 Å². The van der Waals surface area contributed by atoms with Gasteiger partial charge in [0.1, 0.15) is 5.75 Å². The number of fused-ring (bicyclic) bond motifs is 1. The zero-order chi connectivity index (χ0) is 13.1. The normalized spacial score (nSPS) is 13.9. The number of aryl methyl sites for hydroxylation is 2. The molecular weight excluding hydrogens is 258 g/mol. The summed E-state index contributed by atoms with van der Waals surface area (Å²) < 4.78 is 5.82. The lowest BCUT2D eigenvalue weighted by molar-refractivity contribution is 0.460. The van der Waals surface area contributed by atoms with E-state index in [1.54, 1.807) is 0 Å². The monoisotopic (exact) mass is 273 g/mol. The molecule has 0 atom stereocenters. The van der Waals surface area contributed by atoms with E-state index < -0.39 is 0 Å². The van der Waals surface area contributed by atoms with Crippen LogP contribution >= 0.6 is 11.6 Å². The molecule has 19 heavy (non-hydrogen) atoms. The smallest absolute Gasteiger partial charge is 0.219 e. The Morgan fingerprint density at radius 2 is 1.89 bits per heavy atom. The molecule has 2 aromatic rings. The van der Waals surface area contributed by atoms with Gasteiger partial charge in [0.15, 0.2) is 0 Å². The first-order valence-electron chi connectivity index (χ1n) is 6.67. The summed E-state index contributed by atoms with van der Waals surface area (Å²) in [4.78, 5) is 4.34.